The van der Waals surface area contributed by atoms with Gasteiger partial charge in [-0.1, -0.05) is 18.5 Å². The van der Waals surface area contributed by atoms with Crippen molar-refractivity contribution in [2.75, 3.05) is 0 Å². The standard InChI is InChI=1S/C11H10ClN3O4/c1-2-10-13-14-11(19-10)6-18-9-4-3-7(12)5-8(9)15(16)17/h3-5H,2,6H2,1H3. The molecule has 0 unspecified atom stereocenters. The minimum Gasteiger partial charge on any atom is -0.477 e. The Labute approximate surface area is 113 Å². The molecule has 0 N–H and O–H groups in total. The third kappa shape index (κ3) is 3.19. The molecule has 100 valence electrons. The predicted molar refractivity (Wildman–Crippen MR) is 66.1 cm³/mol. The van der Waals surface area contributed by atoms with Crippen LogP contribution in [0.15, 0.2) is 22.6 Å². The molecule has 2 rings (SSSR count). The topological polar surface area (TPSA) is 91.3 Å². The summed E-state index contributed by atoms with van der Waals surface area (Å²) in [5, 5.41) is 18.6. The number of hydrogen-bond donors (Lipinski definition) is 0. The first kappa shape index (κ1) is 13.3. The summed E-state index contributed by atoms with van der Waals surface area (Å²) >= 11 is 5.70. The van der Waals surface area contributed by atoms with Crippen molar-refractivity contribution in [3.63, 3.8) is 0 Å². The molecular formula is C11H10ClN3O4. The van der Waals surface area contributed by atoms with Crippen molar-refractivity contribution in [2.24, 2.45) is 0 Å². The molecule has 1 aromatic heterocycles. The number of benzene rings is 1. The van der Waals surface area contributed by atoms with Crippen LogP contribution in [0.25, 0.3) is 0 Å². The molecule has 1 heterocycles. The second-order valence-corrected chi connectivity index (χ2v) is 4.04. The average Bonchev–Trinajstić information content (AvgIpc) is 2.85. The number of ether oxygens (including phenoxy) is 1. The Morgan fingerprint density at radius 2 is 2.16 bits per heavy atom. The van der Waals surface area contributed by atoms with Gasteiger partial charge in [0.2, 0.25) is 5.89 Å². The largest absolute Gasteiger partial charge is 0.477 e. The van der Waals surface area contributed by atoms with Gasteiger partial charge in [0.05, 0.1) is 4.92 Å². The molecule has 8 heteroatoms. The molecule has 19 heavy (non-hydrogen) atoms. The van der Waals surface area contributed by atoms with E-state index in [-0.39, 0.29) is 29.0 Å². The van der Waals surface area contributed by atoms with Crippen molar-refractivity contribution in [3.8, 4) is 5.75 Å². The lowest BCUT2D eigenvalue weighted by Gasteiger charge is -2.04. The highest BCUT2D eigenvalue weighted by molar-refractivity contribution is 6.30. The van der Waals surface area contributed by atoms with Gasteiger partial charge in [0.15, 0.2) is 12.4 Å². The summed E-state index contributed by atoms with van der Waals surface area (Å²) in [7, 11) is 0. The van der Waals surface area contributed by atoms with Crippen LogP contribution in [0.4, 0.5) is 5.69 Å². The molecule has 0 atom stereocenters. The Kier molecular flexibility index (Phi) is 3.96. The summed E-state index contributed by atoms with van der Waals surface area (Å²) in [6.07, 6.45) is 0.619. The van der Waals surface area contributed by atoms with Gasteiger partial charge in [-0.15, -0.1) is 10.2 Å². The van der Waals surface area contributed by atoms with Gasteiger partial charge in [-0.3, -0.25) is 10.1 Å². The highest BCUT2D eigenvalue weighted by Crippen LogP contribution is 2.30. The quantitative estimate of drug-likeness (QED) is 0.619. The molecule has 0 spiro atoms. The summed E-state index contributed by atoms with van der Waals surface area (Å²) in [6.45, 7) is 1.84. The molecule has 7 nitrogen and oxygen atoms in total. The van der Waals surface area contributed by atoms with Gasteiger partial charge < -0.3 is 9.15 Å². The number of nitro benzene ring substituents is 1. The fourth-order valence-corrected chi connectivity index (χ4v) is 1.55. The van der Waals surface area contributed by atoms with Gasteiger partial charge in [-0.05, 0) is 12.1 Å². The Bertz CT molecular complexity index is 599. The third-order valence-corrected chi connectivity index (χ3v) is 2.52. The van der Waals surface area contributed by atoms with Crippen LogP contribution in [0.2, 0.25) is 5.02 Å². The lowest BCUT2D eigenvalue weighted by Crippen LogP contribution is -1.99. The van der Waals surface area contributed by atoms with E-state index in [4.69, 9.17) is 20.8 Å². The molecule has 0 saturated heterocycles. The maximum Gasteiger partial charge on any atom is 0.312 e. The van der Waals surface area contributed by atoms with E-state index in [1.165, 1.54) is 18.2 Å². The molecule has 0 aliphatic heterocycles. The van der Waals surface area contributed by atoms with Gasteiger partial charge >= 0.3 is 5.69 Å². The van der Waals surface area contributed by atoms with Crippen molar-refractivity contribution in [1.29, 1.82) is 0 Å². The maximum absolute atomic E-state index is 10.9. The van der Waals surface area contributed by atoms with E-state index in [0.29, 0.717) is 12.3 Å². The first-order valence-electron chi connectivity index (χ1n) is 5.48. The number of hydrogen-bond acceptors (Lipinski definition) is 6. The lowest BCUT2D eigenvalue weighted by molar-refractivity contribution is -0.385. The number of halogens is 1. The molecule has 2 aromatic rings. The highest BCUT2D eigenvalue weighted by Gasteiger charge is 2.16. The van der Waals surface area contributed by atoms with E-state index in [1.807, 2.05) is 6.92 Å². The molecule has 0 amide bonds. The minimum absolute atomic E-state index is 0.0323. The summed E-state index contributed by atoms with van der Waals surface area (Å²) in [6, 6.07) is 4.16. The van der Waals surface area contributed by atoms with E-state index in [2.05, 4.69) is 10.2 Å². The molecule has 0 aliphatic carbocycles. The molecule has 0 aliphatic rings. The Morgan fingerprint density at radius 1 is 1.42 bits per heavy atom. The van der Waals surface area contributed by atoms with Crippen molar-refractivity contribution in [2.45, 2.75) is 20.0 Å². The fourth-order valence-electron chi connectivity index (χ4n) is 1.38. The second kappa shape index (κ2) is 5.66. The van der Waals surface area contributed by atoms with E-state index in [1.54, 1.807) is 0 Å². The first-order chi connectivity index (χ1) is 9.10. The zero-order valence-electron chi connectivity index (χ0n) is 10.00. The van der Waals surface area contributed by atoms with Crippen LogP contribution < -0.4 is 4.74 Å². The van der Waals surface area contributed by atoms with Gasteiger partial charge in [-0.2, -0.15) is 0 Å². The van der Waals surface area contributed by atoms with Crippen molar-refractivity contribution in [1.82, 2.24) is 10.2 Å². The van der Waals surface area contributed by atoms with E-state index in [0.717, 1.165) is 0 Å². The van der Waals surface area contributed by atoms with E-state index >= 15 is 0 Å². The van der Waals surface area contributed by atoms with Crippen molar-refractivity contribution in [3.05, 3.63) is 45.1 Å². The summed E-state index contributed by atoms with van der Waals surface area (Å²) in [5.41, 5.74) is -0.206. The molecule has 0 saturated carbocycles. The van der Waals surface area contributed by atoms with E-state index in [9.17, 15) is 10.1 Å². The number of aromatic nitrogens is 2. The first-order valence-corrected chi connectivity index (χ1v) is 5.86. The Morgan fingerprint density at radius 3 is 2.79 bits per heavy atom. The van der Waals surface area contributed by atoms with Crippen LogP contribution in [0.3, 0.4) is 0 Å². The Balaban J connectivity index is 2.12. The minimum atomic E-state index is -0.563. The normalized spacial score (nSPS) is 10.4. The highest BCUT2D eigenvalue weighted by atomic mass is 35.5. The monoisotopic (exact) mass is 283 g/mol. The maximum atomic E-state index is 10.9. The van der Waals surface area contributed by atoms with E-state index < -0.39 is 4.92 Å². The fraction of sp³-hybridized carbons (Fsp3) is 0.273. The van der Waals surface area contributed by atoms with Crippen LogP contribution in [0, 0.1) is 10.1 Å². The number of nitrogens with zero attached hydrogens (tertiary/aromatic N) is 3. The molecular weight excluding hydrogens is 274 g/mol. The zero-order valence-corrected chi connectivity index (χ0v) is 10.8. The van der Waals surface area contributed by atoms with Crippen LogP contribution in [0.1, 0.15) is 18.7 Å². The van der Waals surface area contributed by atoms with Crippen LogP contribution >= 0.6 is 11.6 Å². The summed E-state index contributed by atoms with van der Waals surface area (Å²) < 4.78 is 10.5. The summed E-state index contributed by atoms with van der Waals surface area (Å²) in [5.74, 6) is 0.857. The van der Waals surface area contributed by atoms with Crippen molar-refractivity contribution >= 4 is 17.3 Å². The average molecular weight is 284 g/mol. The lowest BCUT2D eigenvalue weighted by atomic mass is 10.3. The number of nitro groups is 1. The third-order valence-electron chi connectivity index (χ3n) is 2.28. The molecule has 0 fully saturated rings. The zero-order chi connectivity index (χ0) is 13.8. The Hall–Kier alpha value is -2.15. The van der Waals surface area contributed by atoms with Crippen LogP contribution in [-0.2, 0) is 13.0 Å². The smallest absolute Gasteiger partial charge is 0.312 e. The van der Waals surface area contributed by atoms with Gasteiger partial charge in [0, 0.05) is 17.5 Å². The second-order valence-electron chi connectivity index (χ2n) is 3.60. The number of rotatable bonds is 5. The van der Waals surface area contributed by atoms with Crippen LogP contribution in [0.5, 0.6) is 5.75 Å². The summed E-state index contributed by atoms with van der Waals surface area (Å²) in [4.78, 5) is 10.3. The van der Waals surface area contributed by atoms with Gasteiger partial charge in [0.25, 0.3) is 5.89 Å². The molecule has 1 aromatic carbocycles. The predicted octanol–water partition coefficient (Wildman–Crippen LogP) is 2.77. The van der Waals surface area contributed by atoms with Crippen LogP contribution in [-0.4, -0.2) is 15.1 Å². The molecule has 0 bridgehead atoms. The van der Waals surface area contributed by atoms with Crippen molar-refractivity contribution < 1.29 is 14.1 Å². The van der Waals surface area contributed by atoms with Gasteiger partial charge in [-0.25, -0.2) is 0 Å². The SMILES string of the molecule is CCc1nnc(COc2ccc(Cl)cc2[N+](=O)[O-])o1. The molecule has 0 radical (unpaired) electrons. The van der Waals surface area contributed by atoms with Gasteiger partial charge in [0.1, 0.15) is 0 Å². The number of aryl methyl sites for hydroxylation is 1.